The van der Waals surface area contributed by atoms with E-state index in [2.05, 4.69) is 22.0 Å². The number of nitrogens with one attached hydrogen (secondary N) is 1. The van der Waals surface area contributed by atoms with Crippen LogP contribution in [0.1, 0.15) is 25.5 Å². The molecule has 0 bridgehead atoms. The molecule has 0 amide bonds. The predicted molar refractivity (Wildman–Crippen MR) is 76.3 cm³/mol. The summed E-state index contributed by atoms with van der Waals surface area (Å²) in [6.45, 7) is 2.04. The van der Waals surface area contributed by atoms with Gasteiger partial charge in [-0.2, -0.15) is 8.78 Å². The van der Waals surface area contributed by atoms with Crippen molar-refractivity contribution in [2.45, 2.75) is 39.1 Å². The minimum Gasteiger partial charge on any atom is -0.435 e. The van der Waals surface area contributed by atoms with Crippen molar-refractivity contribution < 1.29 is 13.5 Å². The fraction of sp³-hybridized carbons (Fsp3) is 0.400. The maximum absolute atomic E-state index is 12.2. The molecule has 2 aromatic rings. The van der Waals surface area contributed by atoms with E-state index in [0.29, 0.717) is 0 Å². The molecular weight excluding hydrogens is 276 g/mol. The number of alkyl halides is 2. The summed E-state index contributed by atoms with van der Waals surface area (Å²) < 4.78 is 30.9. The predicted octanol–water partition coefficient (Wildman–Crippen LogP) is 3.22. The van der Waals surface area contributed by atoms with Crippen molar-refractivity contribution in [1.29, 1.82) is 0 Å². The molecule has 0 spiro atoms. The summed E-state index contributed by atoms with van der Waals surface area (Å²) in [5, 5.41) is 3.42. The van der Waals surface area contributed by atoms with Gasteiger partial charge in [0.1, 0.15) is 5.75 Å². The zero-order chi connectivity index (χ0) is 15.2. The Bertz CT molecular complexity index is 546. The molecule has 0 saturated carbocycles. The fourth-order valence-electron chi connectivity index (χ4n) is 2.25. The van der Waals surface area contributed by atoms with E-state index in [-0.39, 0.29) is 17.8 Å². The average molecular weight is 295 g/mol. The van der Waals surface area contributed by atoms with E-state index >= 15 is 0 Å². The van der Waals surface area contributed by atoms with Gasteiger partial charge in [0.2, 0.25) is 0 Å². The van der Waals surface area contributed by atoms with Crippen LogP contribution in [-0.2, 0) is 6.54 Å². The van der Waals surface area contributed by atoms with E-state index in [1.54, 1.807) is 24.7 Å². The largest absolute Gasteiger partial charge is 0.435 e. The Balaban J connectivity index is 1.94. The summed E-state index contributed by atoms with van der Waals surface area (Å²) >= 11 is 0. The lowest BCUT2D eigenvalue weighted by Gasteiger charge is -2.21. The van der Waals surface area contributed by atoms with Crippen molar-refractivity contribution in [3.63, 3.8) is 0 Å². The lowest BCUT2D eigenvalue weighted by Crippen LogP contribution is -2.32. The third-order valence-corrected chi connectivity index (χ3v) is 3.16. The first-order valence-electron chi connectivity index (χ1n) is 6.81. The number of hydrogen-bond donors (Lipinski definition) is 1. The molecule has 0 fully saturated rings. The molecule has 0 aliphatic carbocycles. The van der Waals surface area contributed by atoms with Gasteiger partial charge < -0.3 is 14.6 Å². The molecule has 0 aliphatic heterocycles. The Labute approximate surface area is 122 Å². The smallest absolute Gasteiger partial charge is 0.387 e. The first-order valence-corrected chi connectivity index (χ1v) is 6.81. The summed E-state index contributed by atoms with van der Waals surface area (Å²) in [7, 11) is 0. The molecule has 0 aliphatic rings. The Kier molecular flexibility index (Phi) is 5.27. The highest BCUT2D eigenvalue weighted by Gasteiger charge is 2.12. The number of ether oxygens (including phenoxy) is 1. The van der Waals surface area contributed by atoms with Gasteiger partial charge in [0.25, 0.3) is 0 Å². The summed E-state index contributed by atoms with van der Waals surface area (Å²) in [4.78, 5) is 4.00. The molecule has 2 unspecified atom stereocenters. The number of nitrogens with zero attached hydrogens (tertiary/aromatic N) is 2. The number of benzene rings is 1. The highest BCUT2D eigenvalue weighted by atomic mass is 19.3. The summed E-state index contributed by atoms with van der Waals surface area (Å²) in [6, 6.07) is 7.01. The van der Waals surface area contributed by atoms with Gasteiger partial charge >= 0.3 is 6.61 Å². The van der Waals surface area contributed by atoms with Crippen molar-refractivity contribution in [2.75, 3.05) is 0 Å². The van der Waals surface area contributed by atoms with Crippen LogP contribution in [0, 0.1) is 0 Å². The average Bonchev–Trinajstić information content (AvgIpc) is 2.90. The van der Waals surface area contributed by atoms with Gasteiger partial charge in [-0.05, 0) is 31.5 Å². The van der Waals surface area contributed by atoms with E-state index in [4.69, 9.17) is 0 Å². The van der Waals surface area contributed by atoms with E-state index in [1.165, 1.54) is 6.07 Å². The van der Waals surface area contributed by atoms with Gasteiger partial charge in [-0.25, -0.2) is 4.98 Å². The lowest BCUT2D eigenvalue weighted by atomic mass is 10.1. The van der Waals surface area contributed by atoms with Gasteiger partial charge in [0, 0.05) is 31.0 Å². The minimum atomic E-state index is -2.80. The Morgan fingerprint density at radius 2 is 2.14 bits per heavy atom. The molecule has 1 N–H and O–H groups in total. The second-order valence-electron chi connectivity index (χ2n) is 5.00. The van der Waals surface area contributed by atoms with Crippen molar-refractivity contribution in [3.05, 3.63) is 48.5 Å². The van der Waals surface area contributed by atoms with Crippen molar-refractivity contribution in [2.24, 2.45) is 0 Å². The van der Waals surface area contributed by atoms with E-state index in [9.17, 15) is 8.78 Å². The van der Waals surface area contributed by atoms with E-state index in [1.807, 2.05) is 23.8 Å². The van der Waals surface area contributed by atoms with Gasteiger partial charge in [0.05, 0.1) is 6.33 Å². The minimum absolute atomic E-state index is 0.0322. The summed E-state index contributed by atoms with van der Waals surface area (Å²) in [6.07, 6.45) is 5.40. The first kappa shape index (κ1) is 15.4. The molecule has 6 heteroatoms. The second kappa shape index (κ2) is 7.17. The van der Waals surface area contributed by atoms with Crippen LogP contribution in [0.25, 0.3) is 0 Å². The standard InChI is InChI=1S/C15H19F2N3O/c1-11(9-20-7-6-18-10-20)19-12(2)13-4-3-5-14(8-13)21-15(16)17/h3-8,10-12,15,19H,9H2,1-2H3. The van der Waals surface area contributed by atoms with Crippen LogP contribution in [0.15, 0.2) is 43.0 Å². The van der Waals surface area contributed by atoms with E-state index < -0.39 is 6.61 Å². The van der Waals surface area contributed by atoms with Gasteiger partial charge in [-0.3, -0.25) is 0 Å². The lowest BCUT2D eigenvalue weighted by molar-refractivity contribution is -0.0499. The molecule has 0 radical (unpaired) electrons. The zero-order valence-corrected chi connectivity index (χ0v) is 12.0. The third kappa shape index (κ3) is 4.82. The highest BCUT2D eigenvalue weighted by Crippen LogP contribution is 2.21. The van der Waals surface area contributed by atoms with Crippen LogP contribution < -0.4 is 10.1 Å². The highest BCUT2D eigenvalue weighted by molar-refractivity contribution is 5.30. The molecular formula is C15H19F2N3O. The number of hydrogen-bond acceptors (Lipinski definition) is 3. The Morgan fingerprint density at radius 1 is 1.33 bits per heavy atom. The van der Waals surface area contributed by atoms with Crippen LogP contribution in [0.2, 0.25) is 0 Å². The summed E-state index contributed by atoms with van der Waals surface area (Å²) in [5.41, 5.74) is 0.908. The van der Waals surface area contributed by atoms with Crippen molar-refractivity contribution >= 4 is 0 Å². The molecule has 114 valence electrons. The molecule has 1 heterocycles. The molecule has 21 heavy (non-hydrogen) atoms. The topological polar surface area (TPSA) is 39.1 Å². The quantitative estimate of drug-likeness (QED) is 0.852. The number of imidazole rings is 1. The monoisotopic (exact) mass is 295 g/mol. The SMILES string of the molecule is CC(Cn1ccnc1)NC(C)c1cccc(OC(F)F)c1. The Morgan fingerprint density at radius 3 is 2.81 bits per heavy atom. The van der Waals surface area contributed by atoms with E-state index in [0.717, 1.165) is 12.1 Å². The first-order chi connectivity index (χ1) is 10.0. The molecule has 0 saturated heterocycles. The number of rotatable bonds is 7. The van der Waals surface area contributed by atoms with Gasteiger partial charge in [0.15, 0.2) is 0 Å². The number of halogens is 2. The maximum Gasteiger partial charge on any atom is 0.387 e. The molecule has 2 atom stereocenters. The van der Waals surface area contributed by atoms with Crippen LogP contribution in [0.5, 0.6) is 5.75 Å². The van der Waals surface area contributed by atoms with Crippen LogP contribution >= 0.6 is 0 Å². The van der Waals surface area contributed by atoms with Crippen LogP contribution in [-0.4, -0.2) is 22.2 Å². The molecule has 2 rings (SSSR count). The fourth-order valence-corrected chi connectivity index (χ4v) is 2.25. The zero-order valence-electron chi connectivity index (χ0n) is 12.0. The maximum atomic E-state index is 12.2. The number of aromatic nitrogens is 2. The summed E-state index contributed by atoms with van der Waals surface area (Å²) in [5.74, 6) is 0.179. The molecule has 1 aromatic carbocycles. The molecule has 1 aromatic heterocycles. The third-order valence-electron chi connectivity index (χ3n) is 3.16. The normalized spacial score (nSPS) is 14.1. The van der Waals surface area contributed by atoms with Crippen LogP contribution in [0.3, 0.4) is 0 Å². The van der Waals surface area contributed by atoms with Gasteiger partial charge in [-0.15, -0.1) is 0 Å². The van der Waals surface area contributed by atoms with Crippen LogP contribution in [0.4, 0.5) is 8.78 Å². The van der Waals surface area contributed by atoms with Crippen molar-refractivity contribution in [3.8, 4) is 5.75 Å². The van der Waals surface area contributed by atoms with Crippen molar-refractivity contribution in [1.82, 2.24) is 14.9 Å². The second-order valence-corrected chi connectivity index (χ2v) is 5.00. The van der Waals surface area contributed by atoms with Gasteiger partial charge in [-0.1, -0.05) is 12.1 Å². The Hall–Kier alpha value is -1.95. The molecule has 4 nitrogen and oxygen atoms in total.